The lowest BCUT2D eigenvalue weighted by Gasteiger charge is -2.29. The first-order valence-corrected chi connectivity index (χ1v) is 16.2. The Balaban J connectivity index is 0.000000152. The van der Waals surface area contributed by atoms with Crippen molar-refractivity contribution in [2.45, 2.75) is 37.0 Å². The quantitative estimate of drug-likeness (QED) is 0.243. The number of hydrogen-bond donors (Lipinski definition) is 2. The maximum atomic E-state index is 5.96. The van der Waals surface area contributed by atoms with Gasteiger partial charge in [0.2, 0.25) is 0 Å². The number of fused-ring (bicyclic) bond motifs is 4. The summed E-state index contributed by atoms with van der Waals surface area (Å²) in [6.07, 6.45) is 9.69. The predicted octanol–water partition coefficient (Wildman–Crippen LogP) is 4.88. The Hall–Kier alpha value is -4.94. The molecule has 4 aliphatic heterocycles. The monoisotopic (exact) mass is 654 g/mol. The fraction of sp³-hybridized carbons (Fsp3) is 0.389. The normalized spacial score (nSPS) is 21.8. The van der Waals surface area contributed by atoms with Crippen LogP contribution in [0.2, 0.25) is 0 Å². The van der Waals surface area contributed by atoms with Gasteiger partial charge in [0.05, 0.1) is 64.6 Å². The molecule has 2 aromatic heterocycles. The number of rotatable bonds is 10. The largest absolute Gasteiger partial charge is 0.493 e. The third-order valence-electron chi connectivity index (χ3n) is 9.36. The van der Waals surface area contributed by atoms with Crippen LogP contribution >= 0.6 is 0 Å². The lowest BCUT2D eigenvalue weighted by molar-refractivity contribution is 0.352. The summed E-state index contributed by atoms with van der Waals surface area (Å²) in [5, 5.41) is 7.03. The molecule has 252 valence electrons. The van der Waals surface area contributed by atoms with Crippen LogP contribution in [0.1, 0.15) is 12.8 Å². The maximum absolute atomic E-state index is 5.96. The summed E-state index contributed by atoms with van der Waals surface area (Å²) in [4.78, 5) is 13.5. The number of benzene rings is 2. The van der Waals surface area contributed by atoms with Crippen LogP contribution in [-0.2, 0) is 0 Å². The highest BCUT2D eigenvalue weighted by Crippen LogP contribution is 2.37. The Labute approximate surface area is 280 Å². The minimum absolute atomic E-state index is 0.563. The van der Waals surface area contributed by atoms with E-state index in [4.69, 9.17) is 28.4 Å². The highest BCUT2D eigenvalue weighted by Gasteiger charge is 2.38. The second-order valence-electron chi connectivity index (χ2n) is 12.3. The Morgan fingerprint density at radius 3 is 1.33 bits per heavy atom. The Kier molecular flexibility index (Phi) is 9.26. The van der Waals surface area contributed by atoms with Crippen molar-refractivity contribution >= 4 is 11.4 Å². The third-order valence-corrected chi connectivity index (χ3v) is 9.36. The molecule has 4 fully saturated rings. The van der Waals surface area contributed by atoms with Gasteiger partial charge in [-0.1, -0.05) is 0 Å². The number of anilines is 2. The minimum Gasteiger partial charge on any atom is -0.493 e. The van der Waals surface area contributed by atoms with Crippen LogP contribution in [0.15, 0.2) is 73.3 Å². The lowest BCUT2D eigenvalue weighted by atomic mass is 10.2. The Bertz CT molecular complexity index is 1600. The van der Waals surface area contributed by atoms with Crippen molar-refractivity contribution in [2.75, 3.05) is 64.4 Å². The summed E-state index contributed by atoms with van der Waals surface area (Å²) in [7, 11) is 6.45. The Morgan fingerprint density at radius 2 is 0.979 bits per heavy atom. The van der Waals surface area contributed by atoms with Crippen molar-refractivity contribution in [3.8, 4) is 46.0 Å². The molecule has 2 aromatic carbocycles. The molecule has 2 N–H and O–H groups in total. The zero-order valence-electron chi connectivity index (χ0n) is 27.7. The van der Waals surface area contributed by atoms with E-state index in [2.05, 4.69) is 30.4 Å². The number of methoxy groups -OCH3 is 4. The van der Waals surface area contributed by atoms with Crippen LogP contribution < -0.4 is 48.9 Å². The summed E-state index contributed by atoms with van der Waals surface area (Å²) in [5.41, 5.74) is 2.23. The van der Waals surface area contributed by atoms with Crippen molar-refractivity contribution in [3.63, 3.8) is 0 Å². The van der Waals surface area contributed by atoms with Crippen molar-refractivity contribution in [1.82, 2.24) is 20.6 Å². The molecular formula is C36H42N6O6. The highest BCUT2D eigenvalue weighted by molar-refractivity contribution is 5.54. The second-order valence-corrected chi connectivity index (χ2v) is 12.3. The smallest absolute Gasteiger partial charge is 0.164 e. The summed E-state index contributed by atoms with van der Waals surface area (Å²) in [6, 6.07) is 17.4. The Morgan fingerprint density at radius 1 is 0.542 bits per heavy atom. The van der Waals surface area contributed by atoms with Gasteiger partial charge in [0, 0.05) is 74.6 Å². The topological polar surface area (TPSA) is 112 Å². The van der Waals surface area contributed by atoms with Crippen molar-refractivity contribution in [3.05, 3.63) is 73.3 Å². The lowest BCUT2D eigenvalue weighted by Crippen LogP contribution is -2.43. The van der Waals surface area contributed by atoms with E-state index in [1.165, 1.54) is 12.8 Å². The van der Waals surface area contributed by atoms with E-state index in [1.807, 2.05) is 60.9 Å². The molecule has 4 atom stereocenters. The molecule has 12 heteroatoms. The number of aromatic nitrogens is 2. The number of piperazine rings is 2. The standard InChI is InChI=1S/2C18H21N3O3/c2*1-22-17-4-3-15(7-18(17)23-2)24-16-6-14(8-19-10-16)21-11-12-5-13(21)9-20-12/h2*3-4,6-8,10,12-13,20H,5,9,11H2,1-2H3/t2*12-,13-/m10/s1. The van der Waals surface area contributed by atoms with E-state index in [0.717, 1.165) is 49.1 Å². The summed E-state index contributed by atoms with van der Waals surface area (Å²) in [5.74, 6) is 5.46. The molecule has 6 heterocycles. The SMILES string of the molecule is COc1ccc(Oc2cncc(N3C[C@@H]4C[C@H]3CN4)c2)cc1OC.COc1ccc(Oc2cncc(N3C[C@H]4C[C@@H]3CN4)c2)cc1OC. The number of pyridine rings is 2. The van der Waals surface area contributed by atoms with Gasteiger partial charge in [0.1, 0.15) is 23.0 Å². The molecule has 0 spiro atoms. The molecule has 0 saturated carbocycles. The van der Waals surface area contributed by atoms with Crippen LogP contribution in [0.4, 0.5) is 11.4 Å². The van der Waals surface area contributed by atoms with Gasteiger partial charge in [-0.15, -0.1) is 0 Å². The van der Waals surface area contributed by atoms with E-state index in [1.54, 1.807) is 40.8 Å². The molecule has 4 saturated heterocycles. The zero-order chi connectivity index (χ0) is 33.0. The molecule has 0 aliphatic carbocycles. The van der Waals surface area contributed by atoms with Gasteiger partial charge < -0.3 is 48.9 Å². The second kappa shape index (κ2) is 14.0. The van der Waals surface area contributed by atoms with Crippen molar-refractivity contribution < 1.29 is 28.4 Å². The zero-order valence-corrected chi connectivity index (χ0v) is 27.7. The molecule has 4 bridgehead atoms. The summed E-state index contributed by atoms with van der Waals surface area (Å²) < 4.78 is 33.1. The van der Waals surface area contributed by atoms with Crippen molar-refractivity contribution in [2.24, 2.45) is 0 Å². The van der Waals surface area contributed by atoms with E-state index in [0.29, 0.717) is 58.7 Å². The third kappa shape index (κ3) is 6.71. The van der Waals surface area contributed by atoms with Gasteiger partial charge in [-0.3, -0.25) is 9.97 Å². The van der Waals surface area contributed by atoms with Gasteiger partial charge in [-0.05, 0) is 37.1 Å². The van der Waals surface area contributed by atoms with E-state index < -0.39 is 0 Å². The van der Waals surface area contributed by atoms with Gasteiger partial charge in [0.15, 0.2) is 23.0 Å². The maximum Gasteiger partial charge on any atom is 0.164 e. The molecule has 0 unspecified atom stereocenters. The fourth-order valence-electron chi connectivity index (χ4n) is 7.03. The number of nitrogens with one attached hydrogen (secondary N) is 2. The average molecular weight is 655 g/mol. The molecule has 4 aromatic rings. The van der Waals surface area contributed by atoms with Crippen LogP contribution in [-0.4, -0.2) is 88.8 Å². The molecule has 8 rings (SSSR count). The molecule has 0 radical (unpaired) electrons. The van der Waals surface area contributed by atoms with Crippen LogP contribution in [0, 0.1) is 0 Å². The molecule has 0 amide bonds. The van der Waals surface area contributed by atoms with E-state index in [-0.39, 0.29) is 0 Å². The van der Waals surface area contributed by atoms with Crippen LogP contribution in [0.5, 0.6) is 46.0 Å². The summed E-state index contributed by atoms with van der Waals surface area (Å²) >= 11 is 0. The van der Waals surface area contributed by atoms with E-state index >= 15 is 0 Å². The number of hydrogen-bond acceptors (Lipinski definition) is 12. The number of ether oxygens (including phenoxy) is 6. The van der Waals surface area contributed by atoms with Gasteiger partial charge in [0.25, 0.3) is 0 Å². The highest BCUT2D eigenvalue weighted by atomic mass is 16.5. The predicted molar refractivity (Wildman–Crippen MR) is 183 cm³/mol. The average Bonchev–Trinajstić information content (AvgIpc) is 3.96. The van der Waals surface area contributed by atoms with Crippen molar-refractivity contribution in [1.29, 1.82) is 0 Å². The molecule has 48 heavy (non-hydrogen) atoms. The summed E-state index contributed by atoms with van der Waals surface area (Å²) in [6.45, 7) is 4.16. The first kappa shape index (κ1) is 31.6. The minimum atomic E-state index is 0.563. The first-order chi connectivity index (χ1) is 23.5. The fourth-order valence-corrected chi connectivity index (χ4v) is 7.03. The molecular weight excluding hydrogens is 612 g/mol. The van der Waals surface area contributed by atoms with Gasteiger partial charge in [-0.25, -0.2) is 0 Å². The first-order valence-electron chi connectivity index (χ1n) is 16.2. The van der Waals surface area contributed by atoms with Crippen LogP contribution in [0.25, 0.3) is 0 Å². The number of nitrogens with zero attached hydrogens (tertiary/aromatic N) is 4. The van der Waals surface area contributed by atoms with E-state index in [9.17, 15) is 0 Å². The molecule has 4 aliphatic rings. The van der Waals surface area contributed by atoms with Gasteiger partial charge >= 0.3 is 0 Å². The molecule has 12 nitrogen and oxygen atoms in total. The van der Waals surface area contributed by atoms with Crippen LogP contribution in [0.3, 0.4) is 0 Å². The van der Waals surface area contributed by atoms with Gasteiger partial charge in [-0.2, -0.15) is 0 Å².